The largest absolute Gasteiger partial charge is 1.00 e. The Bertz CT molecular complexity index is 1200. The van der Waals surface area contributed by atoms with Gasteiger partial charge in [-0.15, -0.1) is 0 Å². The van der Waals surface area contributed by atoms with Gasteiger partial charge in [0.2, 0.25) is 5.69 Å². The fourth-order valence-corrected chi connectivity index (χ4v) is 7.27. The summed E-state index contributed by atoms with van der Waals surface area (Å²) >= 11 is 0. The number of halogens is 1. The zero-order chi connectivity index (χ0) is 38.4. The average Bonchev–Trinajstić information content (AvgIpc) is 3.15. The lowest BCUT2D eigenvalue weighted by molar-refractivity contribution is -0.701. The van der Waals surface area contributed by atoms with E-state index in [-0.39, 0.29) is 35.3 Å². The molecule has 1 heterocycles. The summed E-state index contributed by atoms with van der Waals surface area (Å²) in [5, 5.41) is 3.20. The third-order valence-electron chi connectivity index (χ3n) is 10.7. The monoisotopic (exact) mass is 863 g/mol. The van der Waals surface area contributed by atoms with Crippen molar-refractivity contribution in [3.63, 3.8) is 0 Å². The quantitative estimate of drug-likeness (QED) is 0.0442. The molecule has 0 aliphatic rings. The Morgan fingerprint density at radius 3 is 1.67 bits per heavy atom. The van der Waals surface area contributed by atoms with Crippen molar-refractivity contribution in [2.24, 2.45) is 0 Å². The first-order valence-electron chi connectivity index (χ1n) is 22.5. The molecular weight excluding hydrogens is 779 g/mol. The van der Waals surface area contributed by atoms with Crippen LogP contribution < -0.4 is 43.3 Å². The van der Waals surface area contributed by atoms with Gasteiger partial charge in [-0.25, -0.2) is 4.57 Å². The summed E-state index contributed by atoms with van der Waals surface area (Å²) in [4.78, 5) is 13.7. The topological polar surface area (TPSA) is 51.4 Å². The Kier molecular flexibility index (Phi) is 30.0. The molecule has 0 aliphatic carbocycles. The number of ether oxygens (including phenoxy) is 2. The molecular formula is C48H83IN2O3. The van der Waals surface area contributed by atoms with E-state index in [0.29, 0.717) is 13.0 Å². The van der Waals surface area contributed by atoms with Crippen molar-refractivity contribution in [3.05, 3.63) is 53.9 Å². The molecule has 54 heavy (non-hydrogen) atoms. The molecule has 1 N–H and O–H groups in total. The summed E-state index contributed by atoms with van der Waals surface area (Å²) in [5.41, 5.74) is 2.11. The van der Waals surface area contributed by atoms with Gasteiger partial charge < -0.3 is 38.8 Å². The predicted octanol–water partition coefficient (Wildman–Crippen LogP) is 10.5. The number of rotatable bonds is 33. The molecule has 0 fully saturated rings. The highest BCUT2D eigenvalue weighted by Crippen LogP contribution is 2.35. The van der Waals surface area contributed by atoms with Gasteiger partial charge in [0, 0.05) is 17.7 Å². The van der Waals surface area contributed by atoms with Crippen molar-refractivity contribution >= 4 is 5.91 Å². The molecule has 310 valence electrons. The van der Waals surface area contributed by atoms with Crippen LogP contribution in [-0.2, 0) is 23.3 Å². The number of pyridine rings is 1. The van der Waals surface area contributed by atoms with Crippen molar-refractivity contribution in [1.29, 1.82) is 0 Å². The Hall–Kier alpha value is -1.83. The molecule has 0 saturated carbocycles. The molecule has 0 spiro atoms. The van der Waals surface area contributed by atoms with Crippen LogP contribution >= 0.6 is 0 Å². The van der Waals surface area contributed by atoms with Crippen LogP contribution in [0.15, 0.2) is 42.6 Å². The average molecular weight is 863 g/mol. The van der Waals surface area contributed by atoms with Crippen LogP contribution in [0.5, 0.6) is 11.5 Å². The highest BCUT2D eigenvalue weighted by Gasteiger charge is 2.24. The van der Waals surface area contributed by atoms with Crippen molar-refractivity contribution in [1.82, 2.24) is 5.32 Å². The molecule has 1 unspecified atom stereocenters. The zero-order valence-electron chi connectivity index (χ0n) is 36.0. The van der Waals surface area contributed by atoms with E-state index in [0.717, 1.165) is 55.2 Å². The first kappa shape index (κ1) is 50.2. The van der Waals surface area contributed by atoms with Crippen LogP contribution in [0.4, 0.5) is 0 Å². The second kappa shape index (κ2) is 32.3. The highest BCUT2D eigenvalue weighted by atomic mass is 127. The van der Waals surface area contributed by atoms with Gasteiger partial charge in [-0.3, -0.25) is 4.79 Å². The maximum Gasteiger partial charge on any atom is 0.261 e. The molecule has 1 aromatic carbocycles. The molecule has 0 saturated heterocycles. The van der Waals surface area contributed by atoms with E-state index >= 15 is 0 Å². The molecule has 0 radical (unpaired) electrons. The first-order valence-corrected chi connectivity index (χ1v) is 22.5. The summed E-state index contributed by atoms with van der Waals surface area (Å²) in [6.07, 6.45) is 33.9. The van der Waals surface area contributed by atoms with Gasteiger partial charge in [0.1, 0.15) is 24.6 Å². The van der Waals surface area contributed by atoms with Crippen LogP contribution in [0.3, 0.4) is 0 Å². The van der Waals surface area contributed by atoms with Gasteiger partial charge in [-0.05, 0) is 49.8 Å². The number of carbonyl (C=O) groups excluding carboxylic acids is 1. The van der Waals surface area contributed by atoms with Crippen molar-refractivity contribution in [3.8, 4) is 11.5 Å². The van der Waals surface area contributed by atoms with Gasteiger partial charge in [-0.2, -0.15) is 0 Å². The van der Waals surface area contributed by atoms with E-state index in [4.69, 9.17) is 9.47 Å². The smallest absolute Gasteiger partial charge is 0.261 e. The number of aromatic nitrogens is 1. The third kappa shape index (κ3) is 23.3. The predicted molar refractivity (Wildman–Crippen MR) is 226 cm³/mol. The molecule has 1 atom stereocenters. The molecule has 6 heteroatoms. The van der Waals surface area contributed by atoms with Gasteiger partial charge in [0.25, 0.3) is 5.91 Å². The summed E-state index contributed by atoms with van der Waals surface area (Å²) < 4.78 is 15.1. The number of benzene rings is 1. The van der Waals surface area contributed by atoms with E-state index in [1.807, 2.05) is 18.2 Å². The second-order valence-corrected chi connectivity index (χ2v) is 16.6. The first-order chi connectivity index (χ1) is 25.8. The fourth-order valence-electron chi connectivity index (χ4n) is 7.27. The van der Waals surface area contributed by atoms with Gasteiger partial charge in [0.15, 0.2) is 12.3 Å². The highest BCUT2D eigenvalue weighted by molar-refractivity contribution is 5.81. The molecule has 0 aliphatic heterocycles. The molecule has 2 aromatic rings. The zero-order valence-corrected chi connectivity index (χ0v) is 38.1. The number of unbranched alkanes of at least 4 members (excludes halogenated alkanes) is 22. The minimum Gasteiger partial charge on any atom is -1.00 e. The third-order valence-corrected chi connectivity index (χ3v) is 10.7. The summed E-state index contributed by atoms with van der Waals surface area (Å²) in [6.45, 7) is 15.5. The van der Waals surface area contributed by atoms with E-state index in [1.54, 1.807) is 0 Å². The number of amides is 1. The molecule has 5 nitrogen and oxygen atoms in total. The number of hydrogen-bond acceptors (Lipinski definition) is 3. The Morgan fingerprint density at radius 1 is 0.667 bits per heavy atom. The van der Waals surface area contributed by atoms with Gasteiger partial charge in [-0.1, -0.05) is 182 Å². The summed E-state index contributed by atoms with van der Waals surface area (Å²) in [7, 11) is 0. The van der Waals surface area contributed by atoms with Crippen molar-refractivity contribution in [2.75, 3.05) is 6.61 Å². The maximum atomic E-state index is 13.7. The Labute approximate surface area is 351 Å². The van der Waals surface area contributed by atoms with E-state index < -0.39 is 6.10 Å². The standard InChI is InChI=1S/C48H82N2O3.HI/c1-7-10-12-14-16-18-20-21-22-23-24-26-28-30-35-46(47(51)49-41-42-34-31-32-38-50(42)9-3)53-43-36-37-45(44(40-43)48(4,5)6)52-39-33-29-27-25-19-17-15-13-11-8-2;/h31-32,34,36-38,40,46H,7-30,33,35,39,41H2,1-6H3;1H. The van der Waals surface area contributed by atoms with E-state index in [1.165, 1.54) is 135 Å². The van der Waals surface area contributed by atoms with Crippen molar-refractivity contribution < 1.29 is 42.8 Å². The SMILES string of the molecule is CCCCCCCCCCCCCCCCC(Oc1ccc(OCCCCCCCCCCCC)c(C(C)(C)C)c1)C(=O)NCc1cccc[n+]1CC.[I-]. The lowest BCUT2D eigenvalue weighted by Gasteiger charge is -2.25. The summed E-state index contributed by atoms with van der Waals surface area (Å²) in [6, 6.07) is 12.3. The van der Waals surface area contributed by atoms with Crippen LogP contribution in [0.2, 0.25) is 0 Å². The molecule has 1 amide bonds. The second-order valence-electron chi connectivity index (χ2n) is 16.6. The minimum atomic E-state index is -0.530. The number of nitrogens with one attached hydrogen (secondary N) is 1. The van der Waals surface area contributed by atoms with Crippen LogP contribution in [0.25, 0.3) is 0 Å². The molecule has 0 bridgehead atoms. The lowest BCUT2D eigenvalue weighted by Crippen LogP contribution is -3.00. The Balaban J connectivity index is 0.0000146. The maximum absolute atomic E-state index is 13.7. The van der Waals surface area contributed by atoms with Crippen molar-refractivity contribution in [2.45, 2.75) is 227 Å². The minimum absolute atomic E-state index is 0. The summed E-state index contributed by atoms with van der Waals surface area (Å²) in [5.74, 6) is 1.64. The molecule has 1 aromatic heterocycles. The fraction of sp³-hybridized carbons (Fsp3) is 0.750. The van der Waals surface area contributed by atoms with Crippen LogP contribution in [-0.4, -0.2) is 18.6 Å². The van der Waals surface area contributed by atoms with Crippen LogP contribution in [0.1, 0.15) is 213 Å². The lowest BCUT2D eigenvalue weighted by atomic mass is 9.86. The normalized spacial score (nSPS) is 12.0. The van der Waals surface area contributed by atoms with E-state index in [2.05, 4.69) is 75.8 Å². The number of hydrogen-bond donors (Lipinski definition) is 1. The van der Waals surface area contributed by atoms with Gasteiger partial charge in [0.05, 0.1) is 6.61 Å². The number of nitrogens with zero attached hydrogens (tertiary/aromatic N) is 1. The van der Waals surface area contributed by atoms with E-state index in [9.17, 15) is 4.79 Å². The Morgan fingerprint density at radius 2 is 1.17 bits per heavy atom. The van der Waals surface area contributed by atoms with Crippen LogP contribution in [0, 0.1) is 0 Å². The molecule has 2 rings (SSSR count). The number of aryl methyl sites for hydroxylation is 1. The van der Waals surface area contributed by atoms with Gasteiger partial charge >= 0.3 is 0 Å². The number of carbonyl (C=O) groups is 1.